The standard InChI is InChI=1S/C23H32N4O/c1-5-23(6-2,20-10-8-7-9-11-20)17-27-22(25-4)26-16-18-12-14-19(15-13-18)21(28)24-3/h7-15H,5-6,16-17H2,1-4H3,(H,24,28)(H2,25,26,27). The van der Waals surface area contributed by atoms with Crippen LogP contribution in [-0.2, 0) is 12.0 Å². The van der Waals surface area contributed by atoms with Crippen LogP contribution in [0.5, 0.6) is 0 Å². The Balaban J connectivity index is 1.97. The third-order valence-corrected chi connectivity index (χ3v) is 5.46. The molecule has 0 saturated heterocycles. The van der Waals surface area contributed by atoms with Crippen molar-refractivity contribution in [3.63, 3.8) is 0 Å². The molecule has 0 aliphatic heterocycles. The minimum Gasteiger partial charge on any atom is -0.356 e. The van der Waals surface area contributed by atoms with Crippen molar-refractivity contribution in [1.82, 2.24) is 16.0 Å². The summed E-state index contributed by atoms with van der Waals surface area (Å²) < 4.78 is 0. The summed E-state index contributed by atoms with van der Waals surface area (Å²) in [5, 5.41) is 9.49. The number of rotatable bonds is 8. The third-order valence-electron chi connectivity index (χ3n) is 5.46. The quantitative estimate of drug-likeness (QED) is 0.485. The van der Waals surface area contributed by atoms with Crippen molar-refractivity contribution >= 4 is 11.9 Å². The maximum Gasteiger partial charge on any atom is 0.251 e. The molecule has 0 radical (unpaired) electrons. The van der Waals surface area contributed by atoms with E-state index < -0.39 is 0 Å². The van der Waals surface area contributed by atoms with Crippen molar-refractivity contribution in [2.75, 3.05) is 20.6 Å². The van der Waals surface area contributed by atoms with E-state index >= 15 is 0 Å². The summed E-state index contributed by atoms with van der Waals surface area (Å²) in [6.07, 6.45) is 2.11. The molecule has 0 saturated carbocycles. The fourth-order valence-electron chi connectivity index (χ4n) is 3.38. The van der Waals surface area contributed by atoms with Gasteiger partial charge in [0, 0.05) is 38.2 Å². The second-order valence-corrected chi connectivity index (χ2v) is 6.91. The van der Waals surface area contributed by atoms with Crippen molar-refractivity contribution in [3.05, 3.63) is 71.3 Å². The average molecular weight is 381 g/mol. The van der Waals surface area contributed by atoms with Gasteiger partial charge in [0.2, 0.25) is 0 Å². The molecule has 0 aliphatic carbocycles. The number of carbonyl (C=O) groups excluding carboxylic acids is 1. The van der Waals surface area contributed by atoms with Gasteiger partial charge in [0.15, 0.2) is 5.96 Å². The lowest BCUT2D eigenvalue weighted by molar-refractivity contribution is 0.0963. The predicted molar refractivity (Wildman–Crippen MR) is 117 cm³/mol. The lowest BCUT2D eigenvalue weighted by Gasteiger charge is -2.33. The van der Waals surface area contributed by atoms with Gasteiger partial charge in [-0.05, 0) is 36.1 Å². The van der Waals surface area contributed by atoms with E-state index in [4.69, 9.17) is 0 Å². The number of hydrogen-bond acceptors (Lipinski definition) is 2. The van der Waals surface area contributed by atoms with Gasteiger partial charge in [0.1, 0.15) is 0 Å². The fraction of sp³-hybridized carbons (Fsp3) is 0.391. The maximum atomic E-state index is 11.6. The van der Waals surface area contributed by atoms with Gasteiger partial charge >= 0.3 is 0 Å². The van der Waals surface area contributed by atoms with Gasteiger partial charge in [0.25, 0.3) is 5.91 Å². The van der Waals surface area contributed by atoms with Crippen molar-refractivity contribution in [2.45, 2.75) is 38.6 Å². The van der Waals surface area contributed by atoms with Crippen LogP contribution >= 0.6 is 0 Å². The van der Waals surface area contributed by atoms with Gasteiger partial charge < -0.3 is 16.0 Å². The first kappa shape index (κ1) is 21.5. The molecule has 2 aromatic rings. The largest absolute Gasteiger partial charge is 0.356 e. The highest BCUT2D eigenvalue weighted by atomic mass is 16.1. The fourth-order valence-corrected chi connectivity index (χ4v) is 3.38. The minimum absolute atomic E-state index is 0.0756. The second kappa shape index (κ2) is 10.5. The summed E-state index contributed by atoms with van der Waals surface area (Å²) in [4.78, 5) is 16.0. The lowest BCUT2D eigenvalue weighted by atomic mass is 9.76. The molecule has 0 bridgehead atoms. The number of amides is 1. The zero-order valence-electron chi connectivity index (χ0n) is 17.4. The summed E-state index contributed by atoms with van der Waals surface area (Å²) >= 11 is 0. The molecule has 0 spiro atoms. The van der Waals surface area contributed by atoms with Crippen LogP contribution < -0.4 is 16.0 Å². The van der Waals surface area contributed by atoms with E-state index in [1.165, 1.54) is 5.56 Å². The summed E-state index contributed by atoms with van der Waals surface area (Å²) in [6, 6.07) is 18.3. The molecular weight excluding hydrogens is 348 g/mol. The van der Waals surface area contributed by atoms with Gasteiger partial charge in [-0.1, -0.05) is 56.3 Å². The molecule has 3 N–H and O–H groups in total. The first-order chi connectivity index (χ1) is 13.6. The van der Waals surface area contributed by atoms with Gasteiger partial charge in [-0.15, -0.1) is 0 Å². The van der Waals surface area contributed by atoms with E-state index in [1.54, 1.807) is 14.1 Å². The number of guanidine groups is 1. The van der Waals surface area contributed by atoms with E-state index in [-0.39, 0.29) is 11.3 Å². The van der Waals surface area contributed by atoms with Crippen molar-refractivity contribution < 1.29 is 4.79 Å². The lowest BCUT2D eigenvalue weighted by Crippen LogP contribution is -2.45. The maximum absolute atomic E-state index is 11.6. The SMILES string of the molecule is CCC(CC)(CNC(=NC)NCc1ccc(C(=O)NC)cc1)c1ccccc1. The minimum atomic E-state index is -0.0756. The third kappa shape index (κ3) is 5.35. The zero-order valence-corrected chi connectivity index (χ0v) is 17.4. The average Bonchev–Trinajstić information content (AvgIpc) is 2.77. The van der Waals surface area contributed by atoms with Crippen LogP contribution in [0.3, 0.4) is 0 Å². The Morgan fingerprint density at radius 2 is 1.61 bits per heavy atom. The predicted octanol–water partition coefficient (Wildman–Crippen LogP) is 3.47. The topological polar surface area (TPSA) is 65.5 Å². The molecule has 5 heteroatoms. The molecule has 0 aromatic heterocycles. The first-order valence-corrected chi connectivity index (χ1v) is 9.89. The van der Waals surface area contributed by atoms with E-state index in [0.29, 0.717) is 12.1 Å². The number of carbonyl (C=O) groups is 1. The van der Waals surface area contributed by atoms with Crippen LogP contribution in [-0.4, -0.2) is 32.5 Å². The van der Waals surface area contributed by atoms with Crippen molar-refractivity contribution in [2.24, 2.45) is 4.99 Å². The summed E-state index contributed by atoms with van der Waals surface area (Å²) in [7, 11) is 3.42. The molecule has 0 aliphatic rings. The highest BCUT2D eigenvalue weighted by molar-refractivity contribution is 5.93. The van der Waals surface area contributed by atoms with Crippen LogP contribution in [0.25, 0.3) is 0 Å². The Kier molecular flexibility index (Phi) is 8.05. The molecule has 0 fully saturated rings. The summed E-state index contributed by atoms with van der Waals surface area (Å²) in [6.45, 7) is 5.94. The Hall–Kier alpha value is -2.82. The van der Waals surface area contributed by atoms with Crippen LogP contribution in [0.15, 0.2) is 59.6 Å². The second-order valence-electron chi connectivity index (χ2n) is 6.91. The molecule has 5 nitrogen and oxygen atoms in total. The highest BCUT2D eigenvalue weighted by Crippen LogP contribution is 2.30. The molecule has 0 unspecified atom stereocenters. The Morgan fingerprint density at radius 3 is 2.14 bits per heavy atom. The Labute approximate surface area is 168 Å². The molecule has 1 amide bonds. The first-order valence-electron chi connectivity index (χ1n) is 9.89. The van der Waals surface area contributed by atoms with E-state index in [9.17, 15) is 4.79 Å². The highest BCUT2D eigenvalue weighted by Gasteiger charge is 2.28. The molecule has 150 valence electrons. The smallest absolute Gasteiger partial charge is 0.251 e. The van der Waals surface area contributed by atoms with Crippen LogP contribution in [0.1, 0.15) is 48.2 Å². The molecule has 0 atom stereocenters. The molecular formula is C23H32N4O. The Bertz CT molecular complexity index is 765. The molecule has 2 aromatic carbocycles. The van der Waals surface area contributed by atoms with Crippen LogP contribution in [0, 0.1) is 0 Å². The van der Waals surface area contributed by atoms with Gasteiger partial charge in [-0.2, -0.15) is 0 Å². The number of benzene rings is 2. The number of nitrogens with zero attached hydrogens (tertiary/aromatic N) is 1. The molecule has 0 heterocycles. The molecule has 28 heavy (non-hydrogen) atoms. The zero-order chi connectivity index (χ0) is 20.4. The van der Waals surface area contributed by atoms with Crippen LogP contribution in [0.2, 0.25) is 0 Å². The van der Waals surface area contributed by atoms with E-state index in [0.717, 1.165) is 30.9 Å². The number of aliphatic imine (C=N–C) groups is 1. The van der Waals surface area contributed by atoms with Crippen molar-refractivity contribution in [3.8, 4) is 0 Å². The normalized spacial score (nSPS) is 11.8. The van der Waals surface area contributed by atoms with Gasteiger partial charge in [-0.25, -0.2) is 0 Å². The molecule has 2 rings (SSSR count). The van der Waals surface area contributed by atoms with E-state index in [1.807, 2.05) is 24.3 Å². The summed E-state index contributed by atoms with van der Waals surface area (Å²) in [5.74, 6) is 0.700. The van der Waals surface area contributed by atoms with E-state index in [2.05, 4.69) is 65.1 Å². The van der Waals surface area contributed by atoms with Gasteiger partial charge in [-0.3, -0.25) is 9.79 Å². The van der Waals surface area contributed by atoms with Crippen molar-refractivity contribution in [1.29, 1.82) is 0 Å². The Morgan fingerprint density at radius 1 is 0.964 bits per heavy atom. The number of nitrogens with one attached hydrogen (secondary N) is 3. The number of hydrogen-bond donors (Lipinski definition) is 3. The van der Waals surface area contributed by atoms with Crippen LogP contribution in [0.4, 0.5) is 0 Å². The summed E-state index contributed by atoms with van der Waals surface area (Å²) in [5.41, 5.74) is 3.18. The van der Waals surface area contributed by atoms with Gasteiger partial charge in [0.05, 0.1) is 0 Å². The monoisotopic (exact) mass is 380 g/mol.